The van der Waals surface area contributed by atoms with Crippen molar-refractivity contribution in [3.8, 4) is 0 Å². The van der Waals surface area contributed by atoms with Gasteiger partial charge < -0.3 is 10.4 Å². The van der Waals surface area contributed by atoms with Crippen LogP contribution < -0.4 is 10.5 Å². The summed E-state index contributed by atoms with van der Waals surface area (Å²) in [7, 11) is -3.67. The molecule has 2 unspecified atom stereocenters. The van der Waals surface area contributed by atoms with Crippen molar-refractivity contribution in [3.05, 3.63) is 29.8 Å². The van der Waals surface area contributed by atoms with E-state index in [2.05, 4.69) is 5.32 Å². The lowest BCUT2D eigenvalue weighted by Crippen LogP contribution is -2.31. The van der Waals surface area contributed by atoms with Crippen LogP contribution in [0, 0.1) is 0 Å². The Morgan fingerprint density at radius 3 is 2.63 bits per heavy atom. The van der Waals surface area contributed by atoms with E-state index < -0.39 is 10.0 Å². The van der Waals surface area contributed by atoms with Crippen LogP contribution in [0.25, 0.3) is 0 Å². The van der Waals surface area contributed by atoms with Crippen molar-refractivity contribution in [2.24, 2.45) is 5.14 Å². The maximum Gasteiger partial charge on any atom is 0.238 e. The Morgan fingerprint density at radius 1 is 1.42 bits per heavy atom. The molecule has 0 fully saturated rings. The molecule has 0 amide bonds. The van der Waals surface area contributed by atoms with Crippen LogP contribution in [0.2, 0.25) is 0 Å². The number of primary sulfonamides is 1. The van der Waals surface area contributed by atoms with Gasteiger partial charge in [-0.2, -0.15) is 0 Å². The van der Waals surface area contributed by atoms with Crippen LogP contribution >= 0.6 is 0 Å². The van der Waals surface area contributed by atoms with Crippen molar-refractivity contribution in [2.45, 2.75) is 43.7 Å². The fourth-order valence-electron chi connectivity index (χ4n) is 1.97. The second-order valence-corrected chi connectivity index (χ2v) is 6.18. The summed E-state index contributed by atoms with van der Waals surface area (Å²) in [5.41, 5.74) is 0.864. The van der Waals surface area contributed by atoms with Gasteiger partial charge in [0.1, 0.15) is 0 Å². The van der Waals surface area contributed by atoms with Gasteiger partial charge in [0.15, 0.2) is 0 Å². The SMILES string of the molecule is CCC(CCO)NC(C)c1cccc(S(N)(=O)=O)c1. The van der Waals surface area contributed by atoms with Gasteiger partial charge in [-0.3, -0.25) is 0 Å². The molecular formula is C13H22N2O3S. The average molecular weight is 286 g/mol. The Hall–Kier alpha value is -0.950. The first kappa shape index (κ1) is 16.1. The quantitative estimate of drug-likeness (QED) is 0.701. The Morgan fingerprint density at radius 2 is 2.11 bits per heavy atom. The van der Waals surface area contributed by atoms with E-state index in [4.69, 9.17) is 10.2 Å². The van der Waals surface area contributed by atoms with Crippen LogP contribution in [0.1, 0.15) is 38.3 Å². The zero-order valence-corrected chi connectivity index (χ0v) is 12.2. The van der Waals surface area contributed by atoms with Gasteiger partial charge in [-0.15, -0.1) is 0 Å². The molecule has 5 nitrogen and oxygen atoms in total. The summed E-state index contributed by atoms with van der Waals surface area (Å²) in [5, 5.41) is 17.5. The third-order valence-electron chi connectivity index (χ3n) is 3.14. The number of nitrogens with one attached hydrogen (secondary N) is 1. The largest absolute Gasteiger partial charge is 0.396 e. The summed E-state index contributed by atoms with van der Waals surface area (Å²) in [6, 6.07) is 6.81. The number of aliphatic hydroxyl groups is 1. The number of rotatable bonds is 7. The third-order valence-corrected chi connectivity index (χ3v) is 4.05. The molecule has 1 aromatic carbocycles. The van der Waals surface area contributed by atoms with E-state index in [-0.39, 0.29) is 23.6 Å². The van der Waals surface area contributed by atoms with Crippen LogP contribution in [-0.4, -0.2) is 26.2 Å². The molecule has 0 saturated carbocycles. The molecule has 0 spiro atoms. The zero-order chi connectivity index (χ0) is 14.5. The van der Waals surface area contributed by atoms with Crippen LogP contribution in [0.4, 0.5) is 0 Å². The number of sulfonamides is 1. The van der Waals surface area contributed by atoms with Crippen molar-refractivity contribution in [1.29, 1.82) is 0 Å². The first-order valence-electron chi connectivity index (χ1n) is 6.38. The molecule has 1 aromatic rings. The average Bonchev–Trinajstić information content (AvgIpc) is 2.37. The van der Waals surface area contributed by atoms with E-state index in [1.165, 1.54) is 6.07 Å². The van der Waals surface area contributed by atoms with Crippen LogP contribution in [0.3, 0.4) is 0 Å². The predicted molar refractivity (Wildman–Crippen MR) is 75.1 cm³/mol. The highest BCUT2D eigenvalue weighted by molar-refractivity contribution is 7.89. The van der Waals surface area contributed by atoms with Gasteiger partial charge in [0.25, 0.3) is 0 Å². The molecule has 0 bridgehead atoms. The molecule has 1 rings (SSSR count). The Kier molecular flexibility index (Phi) is 5.93. The molecule has 6 heteroatoms. The van der Waals surface area contributed by atoms with Crippen molar-refractivity contribution < 1.29 is 13.5 Å². The monoisotopic (exact) mass is 286 g/mol. The predicted octanol–water partition coefficient (Wildman–Crippen LogP) is 1.15. The van der Waals surface area contributed by atoms with Crippen molar-refractivity contribution in [2.75, 3.05) is 6.61 Å². The second kappa shape index (κ2) is 7.00. The highest BCUT2D eigenvalue weighted by Crippen LogP contribution is 2.18. The van der Waals surface area contributed by atoms with Crippen LogP contribution in [-0.2, 0) is 10.0 Å². The van der Waals surface area contributed by atoms with E-state index in [1.807, 2.05) is 19.9 Å². The highest BCUT2D eigenvalue weighted by atomic mass is 32.2. The lowest BCUT2D eigenvalue weighted by Gasteiger charge is -2.22. The molecule has 0 radical (unpaired) electrons. The summed E-state index contributed by atoms with van der Waals surface area (Å²) >= 11 is 0. The minimum absolute atomic E-state index is 0.00167. The van der Waals surface area contributed by atoms with Gasteiger partial charge in [-0.25, -0.2) is 13.6 Å². The molecule has 19 heavy (non-hydrogen) atoms. The number of nitrogens with two attached hydrogens (primary N) is 1. The topological polar surface area (TPSA) is 92.4 Å². The number of hydrogen-bond donors (Lipinski definition) is 3. The zero-order valence-electron chi connectivity index (χ0n) is 11.3. The first-order valence-corrected chi connectivity index (χ1v) is 7.92. The lowest BCUT2D eigenvalue weighted by atomic mass is 10.1. The fraction of sp³-hybridized carbons (Fsp3) is 0.538. The van der Waals surface area contributed by atoms with Crippen molar-refractivity contribution in [3.63, 3.8) is 0 Å². The molecule has 0 heterocycles. The normalized spacial score (nSPS) is 15.2. The molecule has 0 aliphatic rings. The number of aliphatic hydroxyl groups excluding tert-OH is 1. The maximum atomic E-state index is 11.3. The summed E-state index contributed by atoms with van der Waals surface area (Å²) in [5.74, 6) is 0. The Bertz CT molecular complexity index is 502. The van der Waals surface area contributed by atoms with Gasteiger partial charge in [-0.05, 0) is 37.5 Å². The van der Waals surface area contributed by atoms with Gasteiger partial charge >= 0.3 is 0 Å². The maximum absolute atomic E-state index is 11.3. The Balaban J connectivity index is 2.85. The van der Waals surface area contributed by atoms with Crippen LogP contribution in [0.15, 0.2) is 29.2 Å². The summed E-state index contributed by atoms with van der Waals surface area (Å²) < 4.78 is 22.6. The third kappa shape index (κ3) is 4.91. The summed E-state index contributed by atoms with van der Waals surface area (Å²) in [6.45, 7) is 4.14. The van der Waals surface area contributed by atoms with E-state index in [1.54, 1.807) is 12.1 Å². The first-order chi connectivity index (χ1) is 8.88. The van der Waals surface area contributed by atoms with Gasteiger partial charge in [0.2, 0.25) is 10.0 Å². The smallest absolute Gasteiger partial charge is 0.238 e. The fourth-order valence-corrected chi connectivity index (χ4v) is 2.54. The number of benzene rings is 1. The molecule has 108 valence electrons. The minimum Gasteiger partial charge on any atom is -0.396 e. The van der Waals surface area contributed by atoms with E-state index >= 15 is 0 Å². The molecule has 0 aliphatic heterocycles. The van der Waals surface area contributed by atoms with E-state index in [9.17, 15) is 8.42 Å². The summed E-state index contributed by atoms with van der Waals surface area (Å²) in [6.07, 6.45) is 1.58. The van der Waals surface area contributed by atoms with Crippen molar-refractivity contribution in [1.82, 2.24) is 5.32 Å². The molecule has 2 atom stereocenters. The van der Waals surface area contributed by atoms with E-state index in [0.29, 0.717) is 6.42 Å². The molecule has 0 aromatic heterocycles. The Labute approximate surface area is 114 Å². The summed E-state index contributed by atoms with van der Waals surface area (Å²) in [4.78, 5) is 0.119. The van der Waals surface area contributed by atoms with E-state index in [0.717, 1.165) is 12.0 Å². The molecular weight excluding hydrogens is 264 g/mol. The molecule has 0 saturated heterocycles. The molecule has 0 aliphatic carbocycles. The van der Waals surface area contributed by atoms with Crippen molar-refractivity contribution >= 4 is 10.0 Å². The standard InChI is InChI=1S/C13H22N2O3S/c1-3-12(7-8-16)15-10(2)11-5-4-6-13(9-11)19(14,17)18/h4-6,9-10,12,15-16H,3,7-8H2,1-2H3,(H2,14,17,18). The lowest BCUT2D eigenvalue weighted by molar-refractivity contribution is 0.257. The van der Waals surface area contributed by atoms with Gasteiger partial charge in [0.05, 0.1) is 4.90 Å². The highest BCUT2D eigenvalue weighted by Gasteiger charge is 2.14. The second-order valence-electron chi connectivity index (χ2n) is 4.62. The van der Waals surface area contributed by atoms with Gasteiger partial charge in [-0.1, -0.05) is 19.1 Å². The molecule has 4 N–H and O–H groups in total. The van der Waals surface area contributed by atoms with Gasteiger partial charge in [0, 0.05) is 18.7 Å². The number of hydrogen-bond acceptors (Lipinski definition) is 4. The minimum atomic E-state index is -3.67. The van der Waals surface area contributed by atoms with Crippen LogP contribution in [0.5, 0.6) is 0 Å².